The number of benzene rings is 2. The molecule has 2 N–H and O–H groups in total. The van der Waals surface area contributed by atoms with Crippen molar-refractivity contribution in [3.8, 4) is 0 Å². The zero-order chi connectivity index (χ0) is 23.9. The number of aromatic nitrogens is 1. The van der Waals surface area contributed by atoms with E-state index in [2.05, 4.69) is 10.3 Å². The largest absolute Gasteiger partial charge is 0.478 e. The average Bonchev–Trinajstić information content (AvgIpc) is 2.75. The molecule has 1 saturated heterocycles. The van der Waals surface area contributed by atoms with Crippen molar-refractivity contribution in [2.24, 2.45) is 0 Å². The van der Waals surface area contributed by atoms with Gasteiger partial charge in [0.2, 0.25) is 0 Å². The van der Waals surface area contributed by atoms with Crippen molar-refractivity contribution in [3.05, 3.63) is 64.5 Å². The second-order valence-electron chi connectivity index (χ2n) is 8.72. The van der Waals surface area contributed by atoms with Crippen LogP contribution in [0, 0.1) is 19.7 Å². The lowest BCUT2D eigenvalue weighted by Gasteiger charge is -2.34. The number of aryl methyl sites for hydroxylation is 1. The Balaban J connectivity index is 1.82. The van der Waals surface area contributed by atoms with Gasteiger partial charge in [-0.1, -0.05) is 18.2 Å². The van der Waals surface area contributed by atoms with Gasteiger partial charge in [-0.15, -0.1) is 0 Å². The van der Waals surface area contributed by atoms with Crippen molar-refractivity contribution < 1.29 is 23.1 Å². The first-order valence-corrected chi connectivity index (χ1v) is 10.9. The molecular weight excluding hydrogens is 431 g/mol. The van der Waals surface area contributed by atoms with Crippen molar-refractivity contribution in [1.82, 2.24) is 4.98 Å². The molecule has 4 rings (SSSR count). The van der Waals surface area contributed by atoms with Crippen LogP contribution in [-0.4, -0.2) is 35.1 Å². The van der Waals surface area contributed by atoms with E-state index in [1.165, 1.54) is 11.0 Å². The van der Waals surface area contributed by atoms with E-state index in [-0.39, 0.29) is 23.4 Å². The Morgan fingerprint density at radius 2 is 1.97 bits per heavy atom. The highest BCUT2D eigenvalue weighted by atomic mass is 19.3. The summed E-state index contributed by atoms with van der Waals surface area (Å²) in [5.41, 5.74) is 2.64. The number of rotatable bonds is 5. The summed E-state index contributed by atoms with van der Waals surface area (Å²) in [5.74, 6) is -4.16. The van der Waals surface area contributed by atoms with E-state index in [1.54, 1.807) is 31.2 Å². The molecule has 1 aliphatic rings. The molecule has 1 fully saturated rings. The molecule has 0 spiro atoms. The van der Waals surface area contributed by atoms with Crippen molar-refractivity contribution in [2.75, 3.05) is 23.3 Å². The first kappa shape index (κ1) is 22.9. The lowest BCUT2D eigenvalue weighted by molar-refractivity contribution is -0.0119. The van der Waals surface area contributed by atoms with Crippen LogP contribution in [0.1, 0.15) is 52.9 Å². The van der Waals surface area contributed by atoms with Gasteiger partial charge < -0.3 is 15.3 Å². The number of nitrogens with zero attached hydrogens (tertiary/aromatic N) is 2. The highest BCUT2D eigenvalue weighted by Crippen LogP contribution is 2.36. The summed E-state index contributed by atoms with van der Waals surface area (Å²) in [6.07, 6.45) is 0.117. The SMILES string of the molecule is Cc1cc([C@H](C)Nc2ccccc2C(=O)O)c2nc(N3CCCC(F)(F)C3)c(C)c(F)c2c1. The van der Waals surface area contributed by atoms with Crippen LogP contribution >= 0.6 is 0 Å². The second kappa shape index (κ2) is 8.57. The second-order valence-corrected chi connectivity index (χ2v) is 8.72. The molecule has 0 bridgehead atoms. The van der Waals surface area contributed by atoms with Crippen LogP contribution < -0.4 is 10.2 Å². The maximum atomic E-state index is 15.5. The third kappa shape index (κ3) is 4.47. The summed E-state index contributed by atoms with van der Waals surface area (Å²) < 4.78 is 43.6. The van der Waals surface area contributed by atoms with Crippen molar-refractivity contribution >= 4 is 28.4 Å². The third-order valence-electron chi connectivity index (χ3n) is 6.09. The molecule has 8 heteroatoms. The summed E-state index contributed by atoms with van der Waals surface area (Å²) in [4.78, 5) is 17.7. The number of carbonyl (C=O) groups is 1. The van der Waals surface area contributed by atoms with E-state index in [4.69, 9.17) is 0 Å². The van der Waals surface area contributed by atoms with Crippen LogP contribution in [0.4, 0.5) is 24.7 Å². The van der Waals surface area contributed by atoms with Gasteiger partial charge in [-0.25, -0.2) is 22.9 Å². The Kier molecular flexibility index (Phi) is 5.95. The van der Waals surface area contributed by atoms with E-state index < -0.39 is 30.3 Å². The molecule has 0 radical (unpaired) electrons. The molecule has 33 heavy (non-hydrogen) atoms. The number of halogens is 3. The van der Waals surface area contributed by atoms with Crippen LogP contribution in [0.3, 0.4) is 0 Å². The van der Waals surface area contributed by atoms with Crippen LogP contribution in [0.2, 0.25) is 0 Å². The predicted octanol–water partition coefficient (Wildman–Crippen LogP) is 6.10. The molecule has 174 valence electrons. The molecule has 3 aromatic rings. The smallest absolute Gasteiger partial charge is 0.337 e. The van der Waals surface area contributed by atoms with Crippen molar-refractivity contribution in [1.29, 1.82) is 0 Å². The number of pyridine rings is 1. The lowest BCUT2D eigenvalue weighted by atomic mass is 9.98. The molecule has 1 aliphatic heterocycles. The van der Waals surface area contributed by atoms with Gasteiger partial charge in [0.15, 0.2) is 0 Å². The number of carboxylic acid groups (broad SMARTS) is 1. The number of para-hydroxylation sites is 1. The molecule has 0 unspecified atom stereocenters. The molecule has 0 amide bonds. The van der Waals surface area contributed by atoms with Gasteiger partial charge >= 0.3 is 5.97 Å². The Labute approximate surface area is 190 Å². The summed E-state index contributed by atoms with van der Waals surface area (Å²) in [6.45, 7) is 5.13. The van der Waals surface area contributed by atoms with Gasteiger partial charge in [-0.3, -0.25) is 0 Å². The van der Waals surface area contributed by atoms with Crippen LogP contribution in [-0.2, 0) is 0 Å². The zero-order valence-corrected chi connectivity index (χ0v) is 18.8. The first-order chi connectivity index (χ1) is 15.6. The van der Waals surface area contributed by atoms with Gasteiger partial charge in [-0.2, -0.15) is 0 Å². The van der Waals surface area contributed by atoms with E-state index in [0.29, 0.717) is 35.1 Å². The molecule has 0 aliphatic carbocycles. The lowest BCUT2D eigenvalue weighted by Crippen LogP contribution is -2.43. The summed E-state index contributed by atoms with van der Waals surface area (Å²) in [6, 6.07) is 9.67. The molecule has 5 nitrogen and oxygen atoms in total. The van der Waals surface area contributed by atoms with E-state index in [9.17, 15) is 18.7 Å². The topological polar surface area (TPSA) is 65.5 Å². The standard InChI is InChI=1S/C25H26F3N3O2/c1-14-11-18(16(3)29-20-8-5-4-7-17(20)24(32)33)22-19(12-14)21(26)15(2)23(30-22)31-10-6-9-25(27,28)13-31/h4-5,7-8,11-12,16,29H,6,9-10,13H2,1-3H3,(H,32,33)/t16-/m0/s1. The Morgan fingerprint density at radius 3 is 2.67 bits per heavy atom. The number of anilines is 2. The van der Waals surface area contributed by atoms with Crippen molar-refractivity contribution in [3.63, 3.8) is 0 Å². The van der Waals surface area contributed by atoms with Gasteiger partial charge in [0.1, 0.15) is 11.6 Å². The fourth-order valence-corrected chi connectivity index (χ4v) is 4.48. The fraction of sp³-hybridized carbons (Fsp3) is 0.360. The minimum absolute atomic E-state index is 0.118. The third-order valence-corrected chi connectivity index (χ3v) is 6.09. The average molecular weight is 457 g/mol. The summed E-state index contributed by atoms with van der Waals surface area (Å²) in [7, 11) is 0. The number of fused-ring (bicyclic) bond motifs is 1. The molecule has 0 saturated carbocycles. The number of alkyl halides is 2. The molecule has 2 heterocycles. The summed E-state index contributed by atoms with van der Waals surface area (Å²) >= 11 is 0. The van der Waals surface area contributed by atoms with E-state index in [1.807, 2.05) is 19.9 Å². The zero-order valence-electron chi connectivity index (χ0n) is 18.8. The van der Waals surface area contributed by atoms with Crippen LogP contribution in [0.5, 0.6) is 0 Å². The van der Waals surface area contributed by atoms with E-state index in [0.717, 1.165) is 5.56 Å². The van der Waals surface area contributed by atoms with Gasteiger partial charge in [0.05, 0.1) is 23.7 Å². The first-order valence-electron chi connectivity index (χ1n) is 10.9. The maximum absolute atomic E-state index is 15.5. The Bertz CT molecular complexity index is 1230. The van der Waals surface area contributed by atoms with Crippen LogP contribution in [0.15, 0.2) is 36.4 Å². The highest BCUT2D eigenvalue weighted by Gasteiger charge is 2.36. The monoisotopic (exact) mass is 457 g/mol. The van der Waals surface area contributed by atoms with Gasteiger partial charge in [0, 0.05) is 35.2 Å². The number of piperidine rings is 1. The van der Waals surface area contributed by atoms with Crippen LogP contribution in [0.25, 0.3) is 10.9 Å². The minimum atomic E-state index is -2.84. The molecular formula is C25H26F3N3O2. The predicted molar refractivity (Wildman–Crippen MR) is 123 cm³/mol. The maximum Gasteiger partial charge on any atom is 0.337 e. The molecule has 1 aromatic heterocycles. The van der Waals surface area contributed by atoms with Gasteiger partial charge in [0.25, 0.3) is 5.92 Å². The normalized spacial score (nSPS) is 16.6. The minimum Gasteiger partial charge on any atom is -0.478 e. The number of hydrogen-bond donors (Lipinski definition) is 2. The summed E-state index contributed by atoms with van der Waals surface area (Å²) in [5, 5.41) is 13.0. The number of nitrogens with one attached hydrogen (secondary N) is 1. The highest BCUT2D eigenvalue weighted by molar-refractivity contribution is 5.94. The number of hydrogen-bond acceptors (Lipinski definition) is 4. The van der Waals surface area contributed by atoms with Gasteiger partial charge in [-0.05, 0) is 51.0 Å². The fourth-order valence-electron chi connectivity index (χ4n) is 4.48. The number of aromatic carboxylic acids is 1. The Hall–Kier alpha value is -3.29. The quantitative estimate of drug-likeness (QED) is 0.485. The Morgan fingerprint density at radius 1 is 1.24 bits per heavy atom. The molecule has 2 aromatic carbocycles. The van der Waals surface area contributed by atoms with E-state index >= 15 is 4.39 Å². The number of carboxylic acids is 1. The molecule has 1 atom stereocenters. The van der Waals surface area contributed by atoms with Crippen molar-refractivity contribution in [2.45, 2.75) is 45.6 Å².